The fourth-order valence-corrected chi connectivity index (χ4v) is 1.91. The quantitative estimate of drug-likeness (QED) is 0.757. The molecule has 1 aliphatic rings. The van der Waals surface area contributed by atoms with Crippen LogP contribution < -0.4 is 15.4 Å². The molecule has 0 saturated heterocycles. The number of benzene rings is 1. The van der Waals surface area contributed by atoms with Crippen molar-refractivity contribution in [2.45, 2.75) is 12.8 Å². The molecule has 0 saturated carbocycles. The highest BCUT2D eigenvalue weighted by atomic mass is 16.5. The lowest BCUT2D eigenvalue weighted by Gasteiger charge is -2.12. The maximum absolute atomic E-state index is 5.61. The minimum Gasteiger partial charge on any atom is -0.494 e. The zero-order valence-electron chi connectivity index (χ0n) is 9.20. The average molecular weight is 206 g/mol. The first-order chi connectivity index (χ1) is 7.31. The fraction of sp³-hybridized carbons (Fsp3) is 0.500. The lowest BCUT2D eigenvalue weighted by atomic mass is 10.1. The van der Waals surface area contributed by atoms with E-state index >= 15 is 0 Å². The number of hydrogen-bond donors (Lipinski definition) is 1. The molecule has 1 heterocycles. The Morgan fingerprint density at radius 2 is 2.33 bits per heavy atom. The molecule has 0 amide bonds. The third kappa shape index (κ3) is 2.23. The molecule has 15 heavy (non-hydrogen) atoms. The Balaban J connectivity index is 2.03. The predicted octanol–water partition coefficient (Wildman–Crippen LogP) is 1.41. The van der Waals surface area contributed by atoms with Gasteiger partial charge in [0, 0.05) is 19.3 Å². The number of fused-ring (bicyclic) bond motifs is 1. The van der Waals surface area contributed by atoms with Gasteiger partial charge in [0.1, 0.15) is 5.75 Å². The van der Waals surface area contributed by atoms with Gasteiger partial charge in [0.25, 0.3) is 0 Å². The molecule has 1 aliphatic heterocycles. The van der Waals surface area contributed by atoms with Gasteiger partial charge in [-0.25, -0.2) is 0 Å². The van der Waals surface area contributed by atoms with Crippen molar-refractivity contribution in [3.8, 4) is 5.75 Å². The summed E-state index contributed by atoms with van der Waals surface area (Å²) in [6, 6.07) is 6.33. The summed E-state index contributed by atoms with van der Waals surface area (Å²) < 4.78 is 5.61. The third-order valence-electron chi connectivity index (χ3n) is 2.80. The largest absolute Gasteiger partial charge is 0.494 e. The summed E-state index contributed by atoms with van der Waals surface area (Å²) in [5.41, 5.74) is 8.14. The first kappa shape index (κ1) is 10.3. The van der Waals surface area contributed by atoms with Gasteiger partial charge in [0.05, 0.1) is 6.61 Å². The molecule has 0 spiro atoms. The summed E-state index contributed by atoms with van der Waals surface area (Å²) in [6.07, 6.45) is 2.04. The van der Waals surface area contributed by atoms with Crippen LogP contribution in [0, 0.1) is 0 Å². The lowest BCUT2D eigenvalue weighted by molar-refractivity contribution is 0.313. The number of nitrogens with two attached hydrogens (primary N) is 1. The number of rotatable bonds is 4. The zero-order valence-corrected chi connectivity index (χ0v) is 9.20. The summed E-state index contributed by atoms with van der Waals surface area (Å²) in [6.45, 7) is 2.51. The molecule has 0 fully saturated rings. The van der Waals surface area contributed by atoms with E-state index in [9.17, 15) is 0 Å². The van der Waals surface area contributed by atoms with Gasteiger partial charge >= 0.3 is 0 Å². The maximum atomic E-state index is 5.61. The van der Waals surface area contributed by atoms with Crippen LogP contribution in [0.3, 0.4) is 0 Å². The van der Waals surface area contributed by atoms with Gasteiger partial charge in [-0.1, -0.05) is 0 Å². The van der Waals surface area contributed by atoms with Crippen LogP contribution in [0.1, 0.15) is 12.0 Å². The van der Waals surface area contributed by atoms with Crippen molar-refractivity contribution >= 4 is 5.69 Å². The van der Waals surface area contributed by atoms with Crippen molar-refractivity contribution in [3.63, 3.8) is 0 Å². The van der Waals surface area contributed by atoms with Crippen LogP contribution >= 0.6 is 0 Å². The molecule has 2 N–H and O–H groups in total. The molecule has 0 aliphatic carbocycles. The SMILES string of the molecule is CN1CCc2cc(OCCCN)ccc21. The molecular formula is C12H18N2O. The minimum atomic E-state index is 0.688. The van der Waals surface area contributed by atoms with Crippen LogP contribution in [0.25, 0.3) is 0 Å². The Kier molecular flexibility index (Phi) is 3.11. The highest BCUT2D eigenvalue weighted by Gasteiger charge is 2.15. The predicted molar refractivity (Wildman–Crippen MR) is 62.6 cm³/mol. The standard InChI is InChI=1S/C12H18N2O/c1-14-7-5-10-9-11(3-4-12(10)14)15-8-2-6-13/h3-4,9H,2,5-8,13H2,1H3. The second-order valence-electron chi connectivity index (χ2n) is 3.95. The van der Waals surface area contributed by atoms with E-state index in [1.54, 1.807) is 0 Å². The first-order valence-corrected chi connectivity index (χ1v) is 5.48. The van der Waals surface area contributed by atoms with E-state index in [-0.39, 0.29) is 0 Å². The summed E-state index contributed by atoms with van der Waals surface area (Å²) in [5.74, 6) is 0.970. The van der Waals surface area contributed by atoms with Gasteiger partial charge in [-0.05, 0) is 43.1 Å². The number of anilines is 1. The smallest absolute Gasteiger partial charge is 0.119 e. The van der Waals surface area contributed by atoms with Crippen molar-refractivity contribution in [3.05, 3.63) is 23.8 Å². The van der Waals surface area contributed by atoms with Crippen LogP contribution in [0.4, 0.5) is 5.69 Å². The molecule has 0 radical (unpaired) electrons. The van der Waals surface area contributed by atoms with Crippen molar-refractivity contribution in [1.29, 1.82) is 0 Å². The molecule has 1 aromatic rings. The van der Waals surface area contributed by atoms with E-state index in [4.69, 9.17) is 10.5 Å². The second-order valence-corrected chi connectivity index (χ2v) is 3.95. The minimum absolute atomic E-state index is 0.688. The van der Waals surface area contributed by atoms with Crippen molar-refractivity contribution < 1.29 is 4.74 Å². The molecule has 0 atom stereocenters. The van der Waals surface area contributed by atoms with E-state index in [0.717, 1.165) is 25.1 Å². The normalized spacial score (nSPS) is 14.1. The Morgan fingerprint density at radius 3 is 3.13 bits per heavy atom. The van der Waals surface area contributed by atoms with Gasteiger partial charge in [-0.2, -0.15) is 0 Å². The summed E-state index contributed by atoms with van der Waals surface area (Å²) in [7, 11) is 2.13. The van der Waals surface area contributed by atoms with Crippen LogP contribution in [0.15, 0.2) is 18.2 Å². The van der Waals surface area contributed by atoms with Crippen LogP contribution in [-0.4, -0.2) is 26.7 Å². The van der Waals surface area contributed by atoms with Gasteiger partial charge < -0.3 is 15.4 Å². The van der Waals surface area contributed by atoms with E-state index in [0.29, 0.717) is 13.2 Å². The molecule has 82 valence electrons. The summed E-state index contributed by atoms with van der Waals surface area (Å²) in [4.78, 5) is 2.28. The topological polar surface area (TPSA) is 38.5 Å². The highest BCUT2D eigenvalue weighted by Crippen LogP contribution is 2.29. The zero-order chi connectivity index (χ0) is 10.7. The Hall–Kier alpha value is -1.22. The van der Waals surface area contributed by atoms with Crippen molar-refractivity contribution in [2.24, 2.45) is 5.73 Å². The fourth-order valence-electron chi connectivity index (χ4n) is 1.91. The third-order valence-corrected chi connectivity index (χ3v) is 2.80. The second kappa shape index (κ2) is 4.53. The Labute approximate surface area is 90.8 Å². The molecule has 0 bridgehead atoms. The number of ether oxygens (including phenoxy) is 1. The number of nitrogens with zero attached hydrogens (tertiary/aromatic N) is 1. The van der Waals surface area contributed by atoms with Crippen LogP contribution in [0.2, 0.25) is 0 Å². The lowest BCUT2D eigenvalue weighted by Crippen LogP contribution is -2.12. The summed E-state index contributed by atoms with van der Waals surface area (Å²) >= 11 is 0. The van der Waals surface area contributed by atoms with Crippen LogP contribution in [-0.2, 0) is 6.42 Å². The Morgan fingerprint density at radius 1 is 1.47 bits per heavy atom. The van der Waals surface area contributed by atoms with Crippen molar-refractivity contribution in [1.82, 2.24) is 0 Å². The molecule has 2 rings (SSSR count). The molecule has 0 aromatic heterocycles. The van der Waals surface area contributed by atoms with Gasteiger partial charge in [-0.3, -0.25) is 0 Å². The Bertz CT molecular complexity index is 338. The monoisotopic (exact) mass is 206 g/mol. The van der Waals surface area contributed by atoms with E-state index in [2.05, 4.69) is 24.1 Å². The maximum Gasteiger partial charge on any atom is 0.119 e. The first-order valence-electron chi connectivity index (χ1n) is 5.48. The molecule has 3 heteroatoms. The van der Waals surface area contributed by atoms with E-state index < -0.39 is 0 Å². The molecular weight excluding hydrogens is 188 g/mol. The van der Waals surface area contributed by atoms with E-state index in [1.807, 2.05) is 6.07 Å². The van der Waals surface area contributed by atoms with Gasteiger partial charge in [0.2, 0.25) is 0 Å². The summed E-state index contributed by atoms with van der Waals surface area (Å²) in [5, 5.41) is 0. The molecule has 1 aromatic carbocycles. The van der Waals surface area contributed by atoms with Gasteiger partial charge in [0.15, 0.2) is 0 Å². The molecule has 0 unspecified atom stereocenters. The van der Waals surface area contributed by atoms with E-state index in [1.165, 1.54) is 11.3 Å². The molecule has 3 nitrogen and oxygen atoms in total. The van der Waals surface area contributed by atoms with Crippen LogP contribution in [0.5, 0.6) is 5.75 Å². The number of hydrogen-bond acceptors (Lipinski definition) is 3. The van der Waals surface area contributed by atoms with Crippen molar-refractivity contribution in [2.75, 3.05) is 31.6 Å². The number of likely N-dealkylation sites (N-methyl/N-ethyl adjacent to an activating group) is 1. The average Bonchev–Trinajstić information content (AvgIpc) is 2.61. The highest BCUT2D eigenvalue weighted by molar-refractivity contribution is 5.59. The van der Waals surface area contributed by atoms with Gasteiger partial charge in [-0.15, -0.1) is 0 Å².